The van der Waals surface area contributed by atoms with Crippen LogP contribution in [0.3, 0.4) is 0 Å². The van der Waals surface area contributed by atoms with Gasteiger partial charge in [-0.15, -0.1) is 0 Å². The molecule has 0 radical (unpaired) electrons. The summed E-state index contributed by atoms with van der Waals surface area (Å²) in [5, 5.41) is 2.60. The molecule has 2 aromatic carbocycles. The normalized spacial score (nSPS) is 12.9. The molecule has 2 aromatic rings. The smallest absolute Gasteiger partial charge is 0.331 e. The lowest BCUT2D eigenvalue weighted by Gasteiger charge is -2.18. The Morgan fingerprint density at radius 3 is 2.73 bits per heavy atom. The summed E-state index contributed by atoms with van der Waals surface area (Å²) in [6.07, 6.45) is 2.61. The van der Waals surface area contributed by atoms with E-state index in [1.165, 1.54) is 42.5 Å². The van der Waals surface area contributed by atoms with E-state index in [1.54, 1.807) is 6.07 Å². The van der Waals surface area contributed by atoms with E-state index in [1.807, 2.05) is 0 Å². The quantitative estimate of drug-likeness (QED) is 0.506. The number of carbonyl (C=O) groups is 3. The Kier molecular flexibility index (Phi) is 5.07. The van der Waals surface area contributed by atoms with Crippen LogP contribution in [0, 0.1) is 5.82 Å². The first-order chi connectivity index (χ1) is 12.5. The third-order valence-electron chi connectivity index (χ3n) is 3.56. The van der Waals surface area contributed by atoms with Crippen molar-refractivity contribution in [2.45, 2.75) is 0 Å². The highest BCUT2D eigenvalue weighted by Gasteiger charge is 2.18. The zero-order valence-electron chi connectivity index (χ0n) is 13.5. The SMILES string of the molecule is O=C1COc2ccc(C(=O)COC(=O)/C=C/c3ccc(F)cc3)cc2N1. The van der Waals surface area contributed by atoms with Crippen molar-refractivity contribution < 1.29 is 28.2 Å². The second-order valence-electron chi connectivity index (χ2n) is 5.46. The number of benzene rings is 2. The molecule has 0 aliphatic carbocycles. The molecule has 0 atom stereocenters. The van der Waals surface area contributed by atoms with Gasteiger partial charge in [0, 0.05) is 11.6 Å². The minimum absolute atomic E-state index is 0.0711. The average molecular weight is 355 g/mol. The van der Waals surface area contributed by atoms with E-state index in [2.05, 4.69) is 5.32 Å². The minimum atomic E-state index is -0.697. The standard InChI is InChI=1S/C19H14FNO5/c20-14-5-1-12(2-6-14)3-8-19(24)26-10-16(22)13-4-7-17-15(9-13)21-18(23)11-25-17/h1-9H,10-11H2,(H,21,23)/b8-3+. The molecule has 0 saturated heterocycles. The Bertz CT molecular complexity index is 889. The van der Waals surface area contributed by atoms with Crippen LogP contribution in [0.15, 0.2) is 48.5 Å². The van der Waals surface area contributed by atoms with Gasteiger partial charge in [-0.05, 0) is 42.0 Å². The maximum absolute atomic E-state index is 12.8. The third kappa shape index (κ3) is 4.32. The second kappa shape index (κ2) is 7.60. The van der Waals surface area contributed by atoms with Gasteiger partial charge in [-0.3, -0.25) is 9.59 Å². The number of hydrogen-bond donors (Lipinski definition) is 1. The van der Waals surface area contributed by atoms with Gasteiger partial charge in [0.05, 0.1) is 5.69 Å². The van der Waals surface area contributed by atoms with Gasteiger partial charge in [0.25, 0.3) is 5.91 Å². The van der Waals surface area contributed by atoms with Crippen LogP contribution in [-0.2, 0) is 14.3 Å². The molecule has 132 valence electrons. The van der Waals surface area contributed by atoms with Gasteiger partial charge in [-0.25, -0.2) is 9.18 Å². The van der Waals surface area contributed by atoms with Gasteiger partial charge in [0.15, 0.2) is 19.0 Å². The van der Waals surface area contributed by atoms with Crippen LogP contribution < -0.4 is 10.1 Å². The number of fused-ring (bicyclic) bond motifs is 1. The number of halogens is 1. The van der Waals surface area contributed by atoms with E-state index in [0.29, 0.717) is 17.0 Å². The topological polar surface area (TPSA) is 81.7 Å². The zero-order chi connectivity index (χ0) is 18.5. The van der Waals surface area contributed by atoms with Crippen molar-refractivity contribution in [1.29, 1.82) is 0 Å². The molecule has 0 aromatic heterocycles. The Balaban J connectivity index is 1.56. The van der Waals surface area contributed by atoms with Crippen molar-refractivity contribution in [2.75, 3.05) is 18.5 Å². The predicted molar refractivity (Wildman–Crippen MR) is 91.3 cm³/mol. The number of Topliss-reactive ketones (excluding diaryl/α,β-unsaturated/α-hetero) is 1. The van der Waals surface area contributed by atoms with E-state index in [4.69, 9.17) is 9.47 Å². The Morgan fingerprint density at radius 2 is 1.96 bits per heavy atom. The number of carbonyl (C=O) groups excluding carboxylic acids is 3. The van der Waals surface area contributed by atoms with Gasteiger partial charge < -0.3 is 14.8 Å². The molecule has 1 aliphatic heterocycles. The van der Waals surface area contributed by atoms with Crippen molar-refractivity contribution in [1.82, 2.24) is 0 Å². The number of amides is 1. The van der Waals surface area contributed by atoms with Gasteiger partial charge in [0.2, 0.25) is 0 Å². The first-order valence-electron chi connectivity index (χ1n) is 7.71. The van der Waals surface area contributed by atoms with Crippen LogP contribution >= 0.6 is 0 Å². The number of rotatable bonds is 5. The van der Waals surface area contributed by atoms with Crippen molar-refractivity contribution >= 4 is 29.4 Å². The fourth-order valence-electron chi connectivity index (χ4n) is 2.26. The monoisotopic (exact) mass is 355 g/mol. The highest BCUT2D eigenvalue weighted by atomic mass is 19.1. The molecule has 7 heteroatoms. The summed E-state index contributed by atoms with van der Waals surface area (Å²) in [7, 11) is 0. The average Bonchev–Trinajstić information content (AvgIpc) is 2.65. The maximum Gasteiger partial charge on any atom is 0.331 e. The lowest BCUT2D eigenvalue weighted by molar-refractivity contribution is -0.136. The second-order valence-corrected chi connectivity index (χ2v) is 5.46. The summed E-state index contributed by atoms with van der Waals surface area (Å²) in [6, 6.07) is 10.1. The molecular formula is C19H14FNO5. The first kappa shape index (κ1) is 17.3. The number of ether oxygens (including phenoxy) is 2. The van der Waals surface area contributed by atoms with E-state index in [-0.39, 0.29) is 23.9 Å². The Labute approximate surface area is 148 Å². The molecule has 0 bridgehead atoms. The van der Waals surface area contributed by atoms with Gasteiger partial charge in [0.1, 0.15) is 11.6 Å². The van der Waals surface area contributed by atoms with Crippen molar-refractivity contribution in [3.05, 3.63) is 65.5 Å². The number of hydrogen-bond acceptors (Lipinski definition) is 5. The lowest BCUT2D eigenvalue weighted by Crippen LogP contribution is -2.25. The number of esters is 1. The van der Waals surface area contributed by atoms with E-state index in [0.717, 1.165) is 6.08 Å². The summed E-state index contributed by atoms with van der Waals surface area (Å²) >= 11 is 0. The largest absolute Gasteiger partial charge is 0.482 e. The molecular weight excluding hydrogens is 341 g/mol. The summed E-state index contributed by atoms with van der Waals surface area (Å²) < 4.78 is 22.9. The molecule has 3 rings (SSSR count). The van der Waals surface area contributed by atoms with Crippen LogP contribution in [0.2, 0.25) is 0 Å². The number of anilines is 1. The van der Waals surface area contributed by atoms with Crippen molar-refractivity contribution in [2.24, 2.45) is 0 Å². The Hall–Kier alpha value is -3.48. The van der Waals surface area contributed by atoms with Gasteiger partial charge in [-0.2, -0.15) is 0 Å². The van der Waals surface area contributed by atoms with E-state index < -0.39 is 18.4 Å². The molecule has 1 heterocycles. The highest BCUT2D eigenvalue weighted by molar-refractivity contribution is 6.02. The van der Waals surface area contributed by atoms with Crippen LogP contribution in [0.1, 0.15) is 15.9 Å². The molecule has 0 spiro atoms. The lowest BCUT2D eigenvalue weighted by atomic mass is 10.1. The van der Waals surface area contributed by atoms with Crippen LogP contribution in [0.4, 0.5) is 10.1 Å². The molecule has 1 aliphatic rings. The molecule has 1 N–H and O–H groups in total. The summed E-state index contributed by atoms with van der Waals surface area (Å²) in [5.41, 5.74) is 1.31. The van der Waals surface area contributed by atoms with E-state index in [9.17, 15) is 18.8 Å². The number of nitrogens with one attached hydrogen (secondary N) is 1. The van der Waals surface area contributed by atoms with Crippen LogP contribution in [0.5, 0.6) is 5.75 Å². The highest BCUT2D eigenvalue weighted by Crippen LogP contribution is 2.28. The molecule has 0 saturated carbocycles. The summed E-state index contributed by atoms with van der Waals surface area (Å²) in [5.74, 6) is -1.32. The van der Waals surface area contributed by atoms with E-state index >= 15 is 0 Å². The van der Waals surface area contributed by atoms with Crippen LogP contribution in [-0.4, -0.2) is 30.9 Å². The van der Waals surface area contributed by atoms with Gasteiger partial charge >= 0.3 is 5.97 Å². The molecule has 1 amide bonds. The molecule has 0 unspecified atom stereocenters. The number of ketones is 1. The molecule has 26 heavy (non-hydrogen) atoms. The predicted octanol–water partition coefficient (Wildman–Crippen LogP) is 2.60. The summed E-state index contributed by atoms with van der Waals surface area (Å²) in [6.45, 7) is -0.515. The van der Waals surface area contributed by atoms with Gasteiger partial charge in [-0.1, -0.05) is 12.1 Å². The maximum atomic E-state index is 12.8. The third-order valence-corrected chi connectivity index (χ3v) is 3.56. The van der Waals surface area contributed by atoms with Crippen LogP contribution in [0.25, 0.3) is 6.08 Å². The fourth-order valence-corrected chi connectivity index (χ4v) is 2.26. The summed E-state index contributed by atoms with van der Waals surface area (Å²) in [4.78, 5) is 35.1. The fraction of sp³-hybridized carbons (Fsp3) is 0.105. The molecule has 0 fully saturated rings. The van der Waals surface area contributed by atoms with Crippen molar-refractivity contribution in [3.63, 3.8) is 0 Å². The van der Waals surface area contributed by atoms with Crippen molar-refractivity contribution in [3.8, 4) is 5.75 Å². The Morgan fingerprint density at radius 1 is 1.19 bits per heavy atom. The molecule has 6 nitrogen and oxygen atoms in total. The minimum Gasteiger partial charge on any atom is -0.482 e. The first-order valence-corrected chi connectivity index (χ1v) is 7.71. The zero-order valence-corrected chi connectivity index (χ0v) is 13.5.